The molecule has 0 heterocycles. The van der Waals surface area contributed by atoms with E-state index in [-0.39, 0.29) is 0 Å². The summed E-state index contributed by atoms with van der Waals surface area (Å²) in [5.74, 6) is -0.399. The van der Waals surface area contributed by atoms with Crippen molar-refractivity contribution in [2.45, 2.75) is 13.0 Å². The lowest BCUT2D eigenvalue weighted by Crippen LogP contribution is -2.15. The molecule has 0 fully saturated rings. The van der Waals surface area contributed by atoms with Crippen molar-refractivity contribution in [1.29, 1.82) is 5.26 Å². The van der Waals surface area contributed by atoms with Crippen LogP contribution in [0, 0.1) is 17.1 Å². The van der Waals surface area contributed by atoms with Crippen LogP contribution in [0.4, 0.5) is 10.1 Å². The summed E-state index contributed by atoms with van der Waals surface area (Å²) in [5, 5.41) is 12.3. The van der Waals surface area contributed by atoms with Gasteiger partial charge in [0.15, 0.2) is 0 Å². The van der Waals surface area contributed by atoms with Crippen molar-refractivity contribution in [2.24, 2.45) is 11.5 Å². The first-order valence-electron chi connectivity index (χ1n) is 7.12. The monoisotopic (exact) mass is 298 g/mol. The molecule has 0 aromatic heterocycles. The molecule has 4 nitrogen and oxygen atoms in total. The third-order valence-corrected chi connectivity index (χ3v) is 3.44. The Morgan fingerprint density at radius 1 is 1.09 bits per heavy atom. The van der Waals surface area contributed by atoms with Crippen molar-refractivity contribution < 1.29 is 4.39 Å². The summed E-state index contributed by atoms with van der Waals surface area (Å²) in [5.41, 5.74) is 15.4. The van der Waals surface area contributed by atoms with Crippen LogP contribution < -0.4 is 16.8 Å². The van der Waals surface area contributed by atoms with Gasteiger partial charge in [-0.25, -0.2) is 4.39 Å². The first kappa shape index (κ1) is 16.0. The molecular formula is C17H19FN4. The van der Waals surface area contributed by atoms with Gasteiger partial charge in [-0.1, -0.05) is 18.2 Å². The Morgan fingerprint density at radius 2 is 1.91 bits per heavy atom. The van der Waals surface area contributed by atoms with Gasteiger partial charge < -0.3 is 16.8 Å². The quantitative estimate of drug-likeness (QED) is 0.762. The van der Waals surface area contributed by atoms with Crippen molar-refractivity contribution >= 4 is 5.69 Å². The van der Waals surface area contributed by atoms with Gasteiger partial charge in [0.05, 0.1) is 11.6 Å². The molecule has 2 rings (SSSR count). The summed E-state index contributed by atoms with van der Waals surface area (Å²) in [6.07, 6.45) is 0.563. The number of halogens is 1. The molecule has 0 spiro atoms. The first-order valence-corrected chi connectivity index (χ1v) is 7.12. The van der Waals surface area contributed by atoms with Gasteiger partial charge >= 0.3 is 0 Å². The Morgan fingerprint density at radius 3 is 2.59 bits per heavy atom. The number of hydrogen-bond donors (Lipinski definition) is 3. The maximum atomic E-state index is 13.2. The molecule has 5 N–H and O–H groups in total. The average molecular weight is 298 g/mol. The van der Waals surface area contributed by atoms with E-state index in [1.165, 1.54) is 12.1 Å². The zero-order valence-electron chi connectivity index (χ0n) is 12.3. The molecule has 22 heavy (non-hydrogen) atoms. The van der Waals surface area contributed by atoms with E-state index in [1.54, 1.807) is 6.07 Å². The predicted molar refractivity (Wildman–Crippen MR) is 85.8 cm³/mol. The van der Waals surface area contributed by atoms with E-state index in [0.29, 0.717) is 31.6 Å². The lowest BCUT2D eigenvalue weighted by atomic mass is 9.98. The average Bonchev–Trinajstić information content (AvgIpc) is 2.55. The fourth-order valence-electron chi connectivity index (χ4n) is 2.33. The van der Waals surface area contributed by atoms with E-state index in [1.807, 2.05) is 24.3 Å². The fraction of sp³-hybridized carbons (Fsp3) is 0.235. The Labute approximate surface area is 129 Å². The molecule has 114 valence electrons. The SMILES string of the molecule is N#Cc1cc(F)ccc1Cc1ccc(NCCN)c(CN)c1. The molecule has 2 aromatic carbocycles. The number of anilines is 1. The highest BCUT2D eigenvalue weighted by Gasteiger charge is 2.07. The Kier molecular flexibility index (Phi) is 5.48. The second-order valence-electron chi connectivity index (χ2n) is 5.00. The van der Waals surface area contributed by atoms with Gasteiger partial charge in [-0.3, -0.25) is 0 Å². The molecule has 0 atom stereocenters. The van der Waals surface area contributed by atoms with E-state index in [4.69, 9.17) is 16.7 Å². The smallest absolute Gasteiger partial charge is 0.124 e. The van der Waals surface area contributed by atoms with Gasteiger partial charge in [0.1, 0.15) is 5.82 Å². The lowest BCUT2D eigenvalue weighted by Gasteiger charge is -2.12. The lowest BCUT2D eigenvalue weighted by molar-refractivity contribution is 0.626. The summed E-state index contributed by atoms with van der Waals surface area (Å²) in [6.45, 7) is 1.64. The van der Waals surface area contributed by atoms with E-state index in [0.717, 1.165) is 22.4 Å². The summed E-state index contributed by atoms with van der Waals surface area (Å²) in [7, 11) is 0. The molecule has 2 aromatic rings. The molecule has 0 aliphatic heterocycles. The normalized spacial score (nSPS) is 10.3. The van der Waals surface area contributed by atoms with Gasteiger partial charge in [0.25, 0.3) is 0 Å². The van der Waals surface area contributed by atoms with Gasteiger partial charge in [0, 0.05) is 25.3 Å². The number of hydrogen-bond acceptors (Lipinski definition) is 4. The third kappa shape index (κ3) is 3.82. The summed E-state index contributed by atoms with van der Waals surface area (Å²) in [4.78, 5) is 0. The minimum absolute atomic E-state index is 0.361. The van der Waals surface area contributed by atoms with E-state index in [9.17, 15) is 4.39 Å². The highest BCUT2D eigenvalue weighted by atomic mass is 19.1. The number of nitrogens with zero attached hydrogens (tertiary/aromatic N) is 1. The van der Waals surface area contributed by atoms with Crippen LogP contribution >= 0.6 is 0 Å². The van der Waals surface area contributed by atoms with Crippen LogP contribution in [0.5, 0.6) is 0 Å². The van der Waals surface area contributed by atoms with Crippen LogP contribution in [-0.2, 0) is 13.0 Å². The summed E-state index contributed by atoms with van der Waals surface area (Å²) in [6, 6.07) is 12.3. The maximum absolute atomic E-state index is 13.2. The highest BCUT2D eigenvalue weighted by Crippen LogP contribution is 2.21. The number of nitrogens with two attached hydrogens (primary N) is 2. The van der Waals surface area contributed by atoms with E-state index in [2.05, 4.69) is 5.32 Å². The van der Waals surface area contributed by atoms with Crippen molar-refractivity contribution in [3.63, 3.8) is 0 Å². The summed E-state index contributed by atoms with van der Waals surface area (Å²) >= 11 is 0. The fourth-order valence-corrected chi connectivity index (χ4v) is 2.33. The summed E-state index contributed by atoms with van der Waals surface area (Å²) < 4.78 is 13.2. The van der Waals surface area contributed by atoms with E-state index < -0.39 is 5.82 Å². The molecule has 0 saturated carbocycles. The molecule has 5 heteroatoms. The van der Waals surface area contributed by atoms with Gasteiger partial charge in [-0.2, -0.15) is 5.26 Å². The van der Waals surface area contributed by atoms with Crippen molar-refractivity contribution in [3.05, 3.63) is 64.5 Å². The number of rotatable bonds is 6. The largest absolute Gasteiger partial charge is 0.384 e. The van der Waals surface area contributed by atoms with Crippen molar-refractivity contribution in [2.75, 3.05) is 18.4 Å². The van der Waals surface area contributed by atoms with Gasteiger partial charge in [-0.05, 0) is 41.3 Å². The molecule has 0 aliphatic rings. The Hall–Kier alpha value is -2.42. The van der Waals surface area contributed by atoms with Crippen LogP contribution in [0.25, 0.3) is 0 Å². The van der Waals surface area contributed by atoms with Crippen molar-refractivity contribution in [1.82, 2.24) is 0 Å². The molecular weight excluding hydrogens is 279 g/mol. The predicted octanol–water partition coefficient (Wildman–Crippen LogP) is 2.12. The number of nitrogens with one attached hydrogen (secondary N) is 1. The van der Waals surface area contributed by atoms with Crippen LogP contribution in [0.2, 0.25) is 0 Å². The third-order valence-electron chi connectivity index (χ3n) is 3.44. The molecule has 0 unspecified atom stereocenters. The molecule has 0 saturated heterocycles. The van der Waals surface area contributed by atoms with Crippen LogP contribution in [-0.4, -0.2) is 13.1 Å². The molecule has 0 amide bonds. The van der Waals surface area contributed by atoms with Gasteiger partial charge in [0.2, 0.25) is 0 Å². The van der Waals surface area contributed by atoms with Crippen LogP contribution in [0.3, 0.4) is 0 Å². The number of benzene rings is 2. The van der Waals surface area contributed by atoms with Crippen LogP contribution in [0.1, 0.15) is 22.3 Å². The molecule has 0 aliphatic carbocycles. The Balaban J connectivity index is 2.25. The topological polar surface area (TPSA) is 87.9 Å². The zero-order valence-corrected chi connectivity index (χ0v) is 12.3. The van der Waals surface area contributed by atoms with Crippen LogP contribution in [0.15, 0.2) is 36.4 Å². The zero-order chi connectivity index (χ0) is 15.9. The number of nitriles is 1. The van der Waals surface area contributed by atoms with Crippen molar-refractivity contribution in [3.8, 4) is 6.07 Å². The van der Waals surface area contributed by atoms with E-state index >= 15 is 0 Å². The highest BCUT2D eigenvalue weighted by molar-refractivity contribution is 5.53. The van der Waals surface area contributed by atoms with Gasteiger partial charge in [-0.15, -0.1) is 0 Å². The Bertz CT molecular complexity index is 692. The first-order chi connectivity index (χ1) is 10.7. The minimum atomic E-state index is -0.399. The molecule has 0 radical (unpaired) electrons. The molecule has 0 bridgehead atoms. The maximum Gasteiger partial charge on any atom is 0.124 e. The minimum Gasteiger partial charge on any atom is -0.384 e. The standard InChI is InChI=1S/C17H19FN4/c18-16-3-2-13(14(9-16)10-20)7-12-1-4-17(22-6-5-19)15(8-12)11-21/h1-4,8-9,22H,5-7,11,19,21H2. The second kappa shape index (κ2) is 7.55. The second-order valence-corrected chi connectivity index (χ2v) is 5.00.